The maximum atomic E-state index is 12.2. The summed E-state index contributed by atoms with van der Waals surface area (Å²) in [6.45, 7) is 3.87. The molecule has 0 aliphatic carbocycles. The van der Waals surface area contributed by atoms with Gasteiger partial charge in [-0.05, 0) is 49.7 Å². The lowest BCUT2D eigenvalue weighted by molar-refractivity contribution is -0.123. The minimum absolute atomic E-state index is 0.140. The van der Waals surface area contributed by atoms with Crippen LogP contribution >= 0.6 is 0 Å². The zero-order valence-electron chi connectivity index (χ0n) is 14.8. The van der Waals surface area contributed by atoms with Crippen molar-refractivity contribution in [1.82, 2.24) is 15.0 Å². The van der Waals surface area contributed by atoms with Crippen LogP contribution in [0.5, 0.6) is 5.75 Å². The van der Waals surface area contributed by atoms with Gasteiger partial charge in [-0.1, -0.05) is 13.0 Å². The fraction of sp³-hybridized carbons (Fsp3) is 0.333. The van der Waals surface area contributed by atoms with Gasteiger partial charge in [0.1, 0.15) is 5.75 Å². The summed E-state index contributed by atoms with van der Waals surface area (Å²) in [6.07, 6.45) is 2.36. The molecular formula is C18H23N3O4S. The summed E-state index contributed by atoms with van der Waals surface area (Å²) < 4.78 is 32.3. The van der Waals surface area contributed by atoms with Crippen LogP contribution in [0.2, 0.25) is 0 Å². The van der Waals surface area contributed by atoms with Gasteiger partial charge in [-0.3, -0.25) is 9.78 Å². The first-order valence-electron chi connectivity index (χ1n) is 8.32. The van der Waals surface area contributed by atoms with Gasteiger partial charge >= 0.3 is 0 Å². The largest absolute Gasteiger partial charge is 0.484 e. The number of pyridine rings is 1. The molecule has 0 fully saturated rings. The molecule has 1 atom stereocenters. The lowest BCUT2D eigenvalue weighted by atomic mass is 10.3. The Labute approximate surface area is 153 Å². The number of hydrogen-bond acceptors (Lipinski definition) is 5. The Morgan fingerprint density at radius 2 is 1.92 bits per heavy atom. The summed E-state index contributed by atoms with van der Waals surface area (Å²) in [5.74, 6) is 0.131. The zero-order valence-corrected chi connectivity index (χ0v) is 15.6. The molecular weight excluding hydrogens is 354 g/mol. The molecule has 8 heteroatoms. The van der Waals surface area contributed by atoms with E-state index in [-0.39, 0.29) is 23.5 Å². The second kappa shape index (κ2) is 9.30. The molecule has 26 heavy (non-hydrogen) atoms. The van der Waals surface area contributed by atoms with Crippen molar-refractivity contribution in [2.75, 3.05) is 6.61 Å². The molecule has 0 radical (unpaired) electrons. The first-order valence-corrected chi connectivity index (χ1v) is 9.81. The number of benzene rings is 1. The Kier molecular flexibility index (Phi) is 7.11. The molecule has 0 unspecified atom stereocenters. The lowest BCUT2D eigenvalue weighted by Gasteiger charge is -2.12. The number of amides is 1. The molecule has 0 aliphatic rings. The van der Waals surface area contributed by atoms with Crippen molar-refractivity contribution >= 4 is 15.9 Å². The summed E-state index contributed by atoms with van der Waals surface area (Å²) >= 11 is 0. The number of carbonyl (C=O) groups excluding carboxylic acids is 1. The van der Waals surface area contributed by atoms with Crippen LogP contribution in [0.4, 0.5) is 0 Å². The molecule has 0 spiro atoms. The Bertz CT molecular complexity index is 808. The van der Waals surface area contributed by atoms with Gasteiger partial charge < -0.3 is 10.1 Å². The highest BCUT2D eigenvalue weighted by atomic mass is 32.2. The maximum Gasteiger partial charge on any atom is 0.258 e. The molecule has 1 aromatic heterocycles. The Morgan fingerprint density at radius 3 is 2.54 bits per heavy atom. The minimum Gasteiger partial charge on any atom is -0.484 e. The summed E-state index contributed by atoms with van der Waals surface area (Å²) in [5.41, 5.74) is 0.754. The summed E-state index contributed by atoms with van der Waals surface area (Å²) in [5, 5.41) is 2.70. The molecule has 7 nitrogen and oxygen atoms in total. The van der Waals surface area contributed by atoms with Crippen LogP contribution in [0.1, 0.15) is 26.0 Å². The van der Waals surface area contributed by atoms with Crippen LogP contribution in [0.25, 0.3) is 0 Å². The van der Waals surface area contributed by atoms with Crippen molar-refractivity contribution < 1.29 is 17.9 Å². The Hall–Kier alpha value is -2.45. The number of aromatic nitrogens is 1. The van der Waals surface area contributed by atoms with Gasteiger partial charge in [-0.2, -0.15) is 0 Å². The molecule has 140 valence electrons. The van der Waals surface area contributed by atoms with Gasteiger partial charge in [-0.25, -0.2) is 13.1 Å². The van der Waals surface area contributed by atoms with Gasteiger partial charge in [0, 0.05) is 12.2 Å². The molecule has 2 N–H and O–H groups in total. The lowest BCUT2D eigenvalue weighted by Crippen LogP contribution is -2.32. The van der Waals surface area contributed by atoms with Gasteiger partial charge in [-0.15, -0.1) is 0 Å². The van der Waals surface area contributed by atoms with Crippen molar-refractivity contribution in [3.8, 4) is 5.75 Å². The van der Waals surface area contributed by atoms with E-state index in [2.05, 4.69) is 15.0 Å². The average Bonchev–Trinajstić information content (AvgIpc) is 2.65. The first kappa shape index (κ1) is 19.9. The van der Waals surface area contributed by atoms with Crippen LogP contribution in [0.15, 0.2) is 53.6 Å². The molecule has 1 heterocycles. The highest BCUT2D eigenvalue weighted by Gasteiger charge is 2.16. The van der Waals surface area contributed by atoms with Crippen molar-refractivity contribution in [2.24, 2.45) is 0 Å². The Morgan fingerprint density at radius 1 is 1.19 bits per heavy atom. The van der Waals surface area contributed by atoms with E-state index in [9.17, 15) is 13.2 Å². The van der Waals surface area contributed by atoms with E-state index in [0.29, 0.717) is 18.7 Å². The van der Waals surface area contributed by atoms with Crippen molar-refractivity contribution in [2.45, 2.75) is 37.8 Å². The monoisotopic (exact) mass is 377 g/mol. The fourth-order valence-corrected chi connectivity index (χ4v) is 3.35. The number of rotatable bonds is 9. The van der Waals surface area contributed by atoms with E-state index in [1.165, 1.54) is 24.3 Å². The summed E-state index contributed by atoms with van der Waals surface area (Å²) in [6, 6.07) is 11.3. The van der Waals surface area contributed by atoms with Crippen LogP contribution in [-0.2, 0) is 21.4 Å². The molecule has 2 aromatic rings. The van der Waals surface area contributed by atoms with Crippen molar-refractivity contribution in [3.63, 3.8) is 0 Å². The highest BCUT2D eigenvalue weighted by molar-refractivity contribution is 7.89. The van der Waals surface area contributed by atoms with Crippen molar-refractivity contribution in [1.29, 1.82) is 0 Å². The second-order valence-corrected chi connectivity index (χ2v) is 7.50. The zero-order chi connectivity index (χ0) is 19.0. The van der Waals surface area contributed by atoms with E-state index in [1.54, 1.807) is 19.2 Å². The van der Waals surface area contributed by atoms with Crippen LogP contribution in [0, 0.1) is 0 Å². The van der Waals surface area contributed by atoms with Crippen LogP contribution < -0.4 is 14.8 Å². The number of nitrogens with zero attached hydrogens (tertiary/aromatic N) is 1. The number of ether oxygens (including phenoxy) is 1. The third-order valence-corrected chi connectivity index (χ3v) is 5.27. The summed E-state index contributed by atoms with van der Waals surface area (Å²) in [7, 11) is -3.55. The van der Waals surface area contributed by atoms with Gasteiger partial charge in [0.15, 0.2) is 6.61 Å². The van der Waals surface area contributed by atoms with Crippen LogP contribution in [0.3, 0.4) is 0 Å². The third kappa shape index (κ3) is 6.12. The van der Waals surface area contributed by atoms with E-state index >= 15 is 0 Å². The maximum absolute atomic E-state index is 12.2. The summed E-state index contributed by atoms with van der Waals surface area (Å²) in [4.78, 5) is 16.1. The van der Waals surface area contributed by atoms with Gasteiger partial charge in [0.2, 0.25) is 10.0 Å². The standard InChI is InChI=1S/C18H23N3O4S/c1-3-14(2)21-26(23,24)17-9-7-16(8-10-17)25-13-18(22)20-12-15-6-4-5-11-19-15/h4-11,14,21H,3,12-13H2,1-2H3,(H,20,22)/t14-/m0/s1. The fourth-order valence-electron chi connectivity index (χ4n) is 2.02. The molecule has 2 rings (SSSR count). The van der Waals surface area contributed by atoms with E-state index in [0.717, 1.165) is 5.69 Å². The molecule has 0 aliphatic heterocycles. The minimum atomic E-state index is -3.55. The van der Waals surface area contributed by atoms with Gasteiger partial charge in [0.05, 0.1) is 17.1 Å². The molecule has 0 saturated carbocycles. The number of sulfonamides is 1. The third-order valence-electron chi connectivity index (χ3n) is 3.67. The van der Waals surface area contributed by atoms with E-state index in [1.807, 2.05) is 19.1 Å². The SMILES string of the molecule is CC[C@H](C)NS(=O)(=O)c1ccc(OCC(=O)NCc2ccccn2)cc1. The molecule has 0 bridgehead atoms. The average molecular weight is 377 g/mol. The van der Waals surface area contributed by atoms with Crippen molar-refractivity contribution in [3.05, 3.63) is 54.4 Å². The quantitative estimate of drug-likeness (QED) is 0.695. The second-order valence-electron chi connectivity index (χ2n) is 5.79. The molecule has 0 saturated heterocycles. The highest BCUT2D eigenvalue weighted by Crippen LogP contribution is 2.16. The van der Waals surface area contributed by atoms with E-state index in [4.69, 9.17) is 4.74 Å². The predicted octanol–water partition coefficient (Wildman–Crippen LogP) is 1.85. The topological polar surface area (TPSA) is 97.4 Å². The number of nitrogens with one attached hydrogen (secondary N) is 2. The Balaban J connectivity index is 1.84. The number of carbonyl (C=O) groups is 1. The van der Waals surface area contributed by atoms with Crippen LogP contribution in [-0.4, -0.2) is 32.0 Å². The molecule has 1 aromatic carbocycles. The number of hydrogen-bond donors (Lipinski definition) is 2. The van der Waals surface area contributed by atoms with E-state index < -0.39 is 10.0 Å². The predicted molar refractivity (Wildman–Crippen MR) is 98.1 cm³/mol. The smallest absolute Gasteiger partial charge is 0.258 e. The van der Waals surface area contributed by atoms with Gasteiger partial charge in [0.25, 0.3) is 5.91 Å². The normalized spacial score (nSPS) is 12.4. The first-order chi connectivity index (χ1) is 12.4. The molecule has 1 amide bonds.